The Bertz CT molecular complexity index is 611. The van der Waals surface area contributed by atoms with E-state index in [2.05, 4.69) is 29.5 Å². The van der Waals surface area contributed by atoms with Crippen LogP contribution in [-0.2, 0) is 0 Å². The van der Waals surface area contributed by atoms with Crippen LogP contribution in [0.4, 0.5) is 11.4 Å². The molecule has 0 saturated heterocycles. The van der Waals surface area contributed by atoms with Crippen LogP contribution in [0.15, 0.2) is 42.6 Å². The minimum absolute atomic E-state index is 0.257. The maximum absolute atomic E-state index is 12.1. The third kappa shape index (κ3) is 4.76. The van der Waals surface area contributed by atoms with Crippen molar-refractivity contribution in [3.05, 3.63) is 53.3 Å². The summed E-state index contributed by atoms with van der Waals surface area (Å²) in [7, 11) is 0. The number of aromatic nitrogens is 1. The van der Waals surface area contributed by atoms with E-state index in [-0.39, 0.29) is 5.91 Å². The minimum Gasteiger partial charge on any atom is -0.384 e. The normalized spacial score (nSPS) is 10.5. The van der Waals surface area contributed by atoms with Crippen molar-refractivity contribution in [2.75, 3.05) is 17.2 Å². The maximum atomic E-state index is 12.1. The highest BCUT2D eigenvalue weighted by molar-refractivity contribution is 6.30. The molecule has 0 saturated carbocycles. The van der Waals surface area contributed by atoms with Crippen LogP contribution in [0.2, 0.25) is 5.02 Å². The van der Waals surface area contributed by atoms with E-state index in [1.54, 1.807) is 36.5 Å². The summed E-state index contributed by atoms with van der Waals surface area (Å²) in [6, 6.07) is 10.6. The maximum Gasteiger partial charge on any atom is 0.274 e. The Labute approximate surface area is 129 Å². The zero-order valence-electron chi connectivity index (χ0n) is 12.1. The quantitative estimate of drug-likeness (QED) is 0.876. The second kappa shape index (κ2) is 7.09. The highest BCUT2D eigenvalue weighted by atomic mass is 35.5. The van der Waals surface area contributed by atoms with E-state index < -0.39 is 0 Å². The zero-order valence-corrected chi connectivity index (χ0v) is 12.8. The molecule has 4 nitrogen and oxygen atoms in total. The van der Waals surface area contributed by atoms with Gasteiger partial charge in [0.05, 0.1) is 11.9 Å². The molecule has 0 aliphatic rings. The Morgan fingerprint density at radius 3 is 2.67 bits per heavy atom. The van der Waals surface area contributed by atoms with Crippen molar-refractivity contribution < 1.29 is 4.79 Å². The predicted octanol–water partition coefficient (Wildman–Crippen LogP) is 4.06. The SMILES string of the molecule is CC(C)CNc1ccc(C(=O)Nc2cccc(Cl)c2)nc1. The number of hydrogen-bond acceptors (Lipinski definition) is 3. The topological polar surface area (TPSA) is 54.0 Å². The van der Waals surface area contributed by atoms with Crippen molar-refractivity contribution in [3.8, 4) is 0 Å². The molecular formula is C16H18ClN3O. The number of benzene rings is 1. The van der Waals surface area contributed by atoms with Gasteiger partial charge in [-0.3, -0.25) is 4.79 Å². The van der Waals surface area contributed by atoms with Crippen molar-refractivity contribution in [3.63, 3.8) is 0 Å². The minimum atomic E-state index is -0.257. The van der Waals surface area contributed by atoms with Gasteiger partial charge in [-0.25, -0.2) is 4.98 Å². The first-order chi connectivity index (χ1) is 10.0. The van der Waals surface area contributed by atoms with Gasteiger partial charge in [-0.15, -0.1) is 0 Å². The summed E-state index contributed by atoms with van der Waals surface area (Å²) in [6.45, 7) is 5.14. The van der Waals surface area contributed by atoms with Gasteiger partial charge in [-0.05, 0) is 36.2 Å². The van der Waals surface area contributed by atoms with Crippen molar-refractivity contribution in [2.24, 2.45) is 5.92 Å². The van der Waals surface area contributed by atoms with Crippen LogP contribution in [0, 0.1) is 5.92 Å². The van der Waals surface area contributed by atoms with Crippen LogP contribution >= 0.6 is 11.6 Å². The highest BCUT2D eigenvalue weighted by Crippen LogP contribution is 2.16. The zero-order chi connectivity index (χ0) is 15.2. The summed E-state index contributed by atoms with van der Waals surface area (Å²) in [5, 5.41) is 6.60. The Hall–Kier alpha value is -2.07. The fourth-order valence-corrected chi connectivity index (χ4v) is 1.91. The number of nitrogens with one attached hydrogen (secondary N) is 2. The van der Waals surface area contributed by atoms with Crippen molar-refractivity contribution in [1.29, 1.82) is 0 Å². The van der Waals surface area contributed by atoms with Crippen LogP contribution < -0.4 is 10.6 Å². The monoisotopic (exact) mass is 303 g/mol. The standard InChI is InChI=1S/C16H18ClN3O/c1-11(2)9-18-14-6-7-15(19-10-14)16(21)20-13-5-3-4-12(17)8-13/h3-8,10-11,18H,9H2,1-2H3,(H,20,21). The number of carbonyl (C=O) groups is 1. The van der Waals surface area contributed by atoms with E-state index in [9.17, 15) is 4.79 Å². The Balaban J connectivity index is 1.99. The fraction of sp³-hybridized carbons (Fsp3) is 0.250. The smallest absolute Gasteiger partial charge is 0.274 e. The van der Waals surface area contributed by atoms with E-state index in [1.165, 1.54) is 0 Å². The van der Waals surface area contributed by atoms with Gasteiger partial charge in [0.2, 0.25) is 0 Å². The molecule has 0 fully saturated rings. The van der Waals surface area contributed by atoms with Crippen molar-refractivity contribution in [1.82, 2.24) is 4.98 Å². The molecule has 0 atom stereocenters. The summed E-state index contributed by atoms with van der Waals surface area (Å²) in [5.41, 5.74) is 1.92. The number of halogens is 1. The molecule has 0 radical (unpaired) electrons. The fourth-order valence-electron chi connectivity index (χ4n) is 1.72. The molecule has 1 aromatic heterocycles. The van der Waals surface area contributed by atoms with Crippen LogP contribution in [0.25, 0.3) is 0 Å². The molecule has 2 N–H and O–H groups in total. The van der Waals surface area contributed by atoms with Crippen LogP contribution in [-0.4, -0.2) is 17.4 Å². The Morgan fingerprint density at radius 1 is 1.24 bits per heavy atom. The van der Waals surface area contributed by atoms with Gasteiger partial charge in [-0.2, -0.15) is 0 Å². The van der Waals surface area contributed by atoms with Crippen molar-refractivity contribution >= 4 is 28.9 Å². The summed E-state index contributed by atoms with van der Waals surface area (Å²) in [6.07, 6.45) is 1.66. The molecule has 0 bridgehead atoms. The third-order valence-electron chi connectivity index (χ3n) is 2.79. The number of nitrogens with zero attached hydrogens (tertiary/aromatic N) is 1. The summed E-state index contributed by atoms with van der Waals surface area (Å²) < 4.78 is 0. The van der Waals surface area contributed by atoms with E-state index in [1.807, 2.05) is 6.07 Å². The first-order valence-electron chi connectivity index (χ1n) is 6.81. The summed E-state index contributed by atoms with van der Waals surface area (Å²) in [5.74, 6) is 0.295. The molecular weight excluding hydrogens is 286 g/mol. The first-order valence-corrected chi connectivity index (χ1v) is 7.19. The summed E-state index contributed by atoms with van der Waals surface area (Å²) >= 11 is 5.88. The molecule has 0 aliphatic heterocycles. The molecule has 0 spiro atoms. The van der Waals surface area contributed by atoms with Gasteiger partial charge in [0.25, 0.3) is 5.91 Å². The van der Waals surface area contributed by atoms with Crippen molar-refractivity contribution in [2.45, 2.75) is 13.8 Å². The highest BCUT2D eigenvalue weighted by Gasteiger charge is 2.08. The first kappa shape index (κ1) is 15.3. The lowest BCUT2D eigenvalue weighted by Gasteiger charge is -2.09. The van der Waals surface area contributed by atoms with Crippen LogP contribution in [0.5, 0.6) is 0 Å². The van der Waals surface area contributed by atoms with Gasteiger partial charge in [-0.1, -0.05) is 31.5 Å². The number of rotatable bonds is 5. The molecule has 1 aromatic carbocycles. The average Bonchev–Trinajstić information content (AvgIpc) is 2.45. The predicted molar refractivity (Wildman–Crippen MR) is 87.0 cm³/mol. The number of pyridine rings is 1. The molecule has 0 aliphatic carbocycles. The molecule has 2 rings (SSSR count). The molecule has 110 valence electrons. The molecule has 1 amide bonds. The molecule has 21 heavy (non-hydrogen) atoms. The molecule has 1 heterocycles. The van der Waals surface area contributed by atoms with Gasteiger partial charge >= 0.3 is 0 Å². The average molecular weight is 304 g/mol. The van der Waals surface area contributed by atoms with Gasteiger partial charge in [0, 0.05) is 17.3 Å². The lowest BCUT2D eigenvalue weighted by atomic mass is 10.2. The number of anilines is 2. The van der Waals surface area contributed by atoms with Gasteiger partial charge < -0.3 is 10.6 Å². The molecule has 0 unspecified atom stereocenters. The lowest BCUT2D eigenvalue weighted by molar-refractivity contribution is 0.102. The second-order valence-corrected chi connectivity index (χ2v) is 5.61. The Kier molecular flexibility index (Phi) is 5.17. The van der Waals surface area contributed by atoms with E-state index in [4.69, 9.17) is 11.6 Å². The lowest BCUT2D eigenvalue weighted by Crippen LogP contribution is -2.14. The second-order valence-electron chi connectivity index (χ2n) is 5.17. The van der Waals surface area contributed by atoms with E-state index in [0.717, 1.165) is 12.2 Å². The molecule has 5 heteroatoms. The van der Waals surface area contributed by atoms with Crippen LogP contribution in [0.1, 0.15) is 24.3 Å². The molecule has 2 aromatic rings. The van der Waals surface area contributed by atoms with Gasteiger partial charge in [0.15, 0.2) is 0 Å². The number of amides is 1. The Morgan fingerprint density at radius 2 is 2.05 bits per heavy atom. The largest absolute Gasteiger partial charge is 0.384 e. The van der Waals surface area contributed by atoms with Gasteiger partial charge in [0.1, 0.15) is 5.69 Å². The summed E-state index contributed by atoms with van der Waals surface area (Å²) in [4.78, 5) is 16.2. The third-order valence-corrected chi connectivity index (χ3v) is 3.03. The van der Waals surface area contributed by atoms with Crippen LogP contribution in [0.3, 0.4) is 0 Å². The van der Waals surface area contributed by atoms with E-state index in [0.29, 0.717) is 22.3 Å². The number of hydrogen-bond donors (Lipinski definition) is 2. The number of carbonyl (C=O) groups excluding carboxylic acids is 1. The van der Waals surface area contributed by atoms with E-state index >= 15 is 0 Å².